The van der Waals surface area contributed by atoms with Gasteiger partial charge in [-0.05, 0) is 0 Å². The van der Waals surface area contributed by atoms with E-state index in [1.54, 1.807) is 0 Å². The number of aliphatic hydroxyl groups excluding tert-OH is 1. The summed E-state index contributed by atoms with van der Waals surface area (Å²) in [4.78, 5) is 20.3. The lowest BCUT2D eigenvalue weighted by molar-refractivity contribution is -0.144. The SMILES string of the molecule is NC(CO)(COCC(=O)O)COCC(=O)O. The molecular formula is C8H15NO7. The zero-order valence-electron chi connectivity index (χ0n) is 8.59. The van der Waals surface area contributed by atoms with Crippen LogP contribution in [0.5, 0.6) is 0 Å². The first kappa shape index (κ1) is 14.8. The second kappa shape index (κ2) is 7.12. The molecule has 0 spiro atoms. The van der Waals surface area contributed by atoms with Crippen molar-refractivity contribution in [1.82, 2.24) is 0 Å². The van der Waals surface area contributed by atoms with Crippen molar-refractivity contribution >= 4 is 11.9 Å². The summed E-state index contributed by atoms with van der Waals surface area (Å²) < 4.78 is 9.39. The summed E-state index contributed by atoms with van der Waals surface area (Å²) in [6.45, 7) is -2.08. The highest BCUT2D eigenvalue weighted by Crippen LogP contribution is 2.01. The lowest BCUT2D eigenvalue weighted by Gasteiger charge is -2.25. The molecule has 0 atom stereocenters. The first-order valence-electron chi connectivity index (χ1n) is 4.38. The van der Waals surface area contributed by atoms with E-state index >= 15 is 0 Å². The second-order valence-corrected chi connectivity index (χ2v) is 3.29. The van der Waals surface area contributed by atoms with Crippen LogP contribution in [0.25, 0.3) is 0 Å². The Morgan fingerprint density at radius 2 is 1.44 bits per heavy atom. The molecule has 16 heavy (non-hydrogen) atoms. The van der Waals surface area contributed by atoms with Crippen molar-refractivity contribution in [1.29, 1.82) is 0 Å². The average Bonchev–Trinajstić information content (AvgIpc) is 2.16. The van der Waals surface area contributed by atoms with Gasteiger partial charge in [0.25, 0.3) is 0 Å². The molecule has 0 aliphatic heterocycles. The number of carboxylic acid groups (broad SMARTS) is 2. The van der Waals surface area contributed by atoms with Gasteiger partial charge in [0.05, 0.1) is 25.4 Å². The summed E-state index contributed by atoms with van der Waals surface area (Å²) in [6.07, 6.45) is 0. The lowest BCUT2D eigenvalue weighted by atomic mass is 10.1. The Labute approximate surface area is 91.6 Å². The summed E-state index contributed by atoms with van der Waals surface area (Å²) in [5.74, 6) is -2.32. The van der Waals surface area contributed by atoms with Crippen molar-refractivity contribution in [3.05, 3.63) is 0 Å². The van der Waals surface area contributed by atoms with Crippen LogP contribution in [0.15, 0.2) is 0 Å². The number of aliphatic hydroxyl groups is 1. The summed E-state index contributed by atoms with van der Waals surface area (Å²) in [6, 6.07) is 0. The molecule has 0 saturated carbocycles. The van der Waals surface area contributed by atoms with Crippen LogP contribution in [0.3, 0.4) is 0 Å². The molecule has 0 rings (SSSR count). The number of hydrogen-bond donors (Lipinski definition) is 4. The van der Waals surface area contributed by atoms with Gasteiger partial charge in [0.1, 0.15) is 13.2 Å². The molecule has 0 aromatic heterocycles. The molecule has 0 fully saturated rings. The van der Waals surface area contributed by atoms with Gasteiger partial charge in [0.2, 0.25) is 0 Å². The minimum atomic E-state index is -1.30. The number of rotatable bonds is 9. The number of carboxylic acids is 2. The van der Waals surface area contributed by atoms with Crippen molar-refractivity contribution in [2.75, 3.05) is 33.0 Å². The van der Waals surface area contributed by atoms with Gasteiger partial charge in [-0.1, -0.05) is 0 Å². The van der Waals surface area contributed by atoms with Crippen LogP contribution in [-0.4, -0.2) is 65.8 Å². The molecule has 0 aliphatic carbocycles. The van der Waals surface area contributed by atoms with E-state index in [1.807, 2.05) is 0 Å². The molecule has 0 unspecified atom stereocenters. The van der Waals surface area contributed by atoms with Crippen LogP contribution in [0, 0.1) is 0 Å². The van der Waals surface area contributed by atoms with Crippen LogP contribution in [0.2, 0.25) is 0 Å². The monoisotopic (exact) mass is 237 g/mol. The topological polar surface area (TPSA) is 139 Å². The fraction of sp³-hybridized carbons (Fsp3) is 0.750. The predicted molar refractivity (Wildman–Crippen MR) is 50.9 cm³/mol. The summed E-state index contributed by atoms with van der Waals surface area (Å²) in [5.41, 5.74) is 4.28. The maximum atomic E-state index is 10.1. The molecule has 8 heteroatoms. The largest absolute Gasteiger partial charge is 0.480 e. The molecule has 0 aromatic carbocycles. The van der Waals surface area contributed by atoms with E-state index in [4.69, 9.17) is 30.5 Å². The van der Waals surface area contributed by atoms with Crippen molar-refractivity contribution < 1.29 is 34.4 Å². The Bertz CT molecular complexity index is 223. The van der Waals surface area contributed by atoms with Gasteiger partial charge in [0, 0.05) is 0 Å². The van der Waals surface area contributed by atoms with Gasteiger partial charge in [-0.3, -0.25) is 0 Å². The Hall–Kier alpha value is -1.22. The van der Waals surface area contributed by atoms with E-state index in [1.165, 1.54) is 0 Å². The van der Waals surface area contributed by atoms with Crippen molar-refractivity contribution in [3.63, 3.8) is 0 Å². The Morgan fingerprint density at radius 1 is 1.06 bits per heavy atom. The van der Waals surface area contributed by atoms with E-state index in [0.29, 0.717) is 0 Å². The zero-order chi connectivity index (χ0) is 12.6. The van der Waals surface area contributed by atoms with Crippen LogP contribution >= 0.6 is 0 Å². The van der Waals surface area contributed by atoms with Crippen LogP contribution in [0.1, 0.15) is 0 Å². The molecule has 0 heterocycles. The minimum Gasteiger partial charge on any atom is -0.480 e. The number of aliphatic carboxylic acids is 2. The van der Waals surface area contributed by atoms with Gasteiger partial charge in [-0.15, -0.1) is 0 Å². The third-order valence-electron chi connectivity index (χ3n) is 1.55. The van der Waals surface area contributed by atoms with Crippen molar-refractivity contribution in [2.24, 2.45) is 5.73 Å². The first-order chi connectivity index (χ1) is 7.39. The number of nitrogens with two attached hydrogens (primary N) is 1. The molecule has 5 N–H and O–H groups in total. The molecular weight excluding hydrogens is 222 g/mol. The van der Waals surface area contributed by atoms with Crippen LogP contribution < -0.4 is 5.73 Å². The highest BCUT2D eigenvalue weighted by molar-refractivity contribution is 5.68. The third-order valence-corrected chi connectivity index (χ3v) is 1.55. The van der Waals surface area contributed by atoms with E-state index in [9.17, 15) is 9.59 Å². The summed E-state index contributed by atoms with van der Waals surface area (Å²) in [7, 11) is 0. The van der Waals surface area contributed by atoms with Gasteiger partial charge >= 0.3 is 11.9 Å². The third kappa shape index (κ3) is 7.12. The smallest absolute Gasteiger partial charge is 0.329 e. The Kier molecular flexibility index (Phi) is 6.58. The summed E-state index contributed by atoms with van der Waals surface area (Å²) in [5, 5.41) is 25.5. The molecule has 0 radical (unpaired) electrons. The Balaban J connectivity index is 3.90. The van der Waals surface area contributed by atoms with Crippen molar-refractivity contribution in [3.8, 4) is 0 Å². The molecule has 0 bridgehead atoms. The van der Waals surface area contributed by atoms with Crippen LogP contribution in [-0.2, 0) is 19.1 Å². The normalized spacial score (nSPS) is 11.4. The van der Waals surface area contributed by atoms with E-state index in [0.717, 1.165) is 0 Å². The standard InChI is InChI=1S/C8H15NO7/c9-8(3-10,4-15-1-6(11)12)5-16-2-7(13)14/h10H,1-5,9H2,(H,11,12)(H,13,14). The zero-order valence-corrected chi connectivity index (χ0v) is 8.59. The quantitative estimate of drug-likeness (QED) is 0.357. The number of carbonyl (C=O) groups is 2. The maximum Gasteiger partial charge on any atom is 0.329 e. The molecule has 0 aliphatic rings. The Morgan fingerprint density at radius 3 is 1.69 bits per heavy atom. The molecule has 0 saturated heterocycles. The van der Waals surface area contributed by atoms with E-state index in [2.05, 4.69) is 0 Å². The highest BCUT2D eigenvalue weighted by Gasteiger charge is 2.25. The summed E-state index contributed by atoms with van der Waals surface area (Å²) >= 11 is 0. The van der Waals surface area contributed by atoms with Gasteiger partial charge in [-0.2, -0.15) is 0 Å². The molecule has 0 amide bonds. The number of hydrogen-bond acceptors (Lipinski definition) is 6. The van der Waals surface area contributed by atoms with Crippen molar-refractivity contribution in [2.45, 2.75) is 5.54 Å². The lowest BCUT2D eigenvalue weighted by Crippen LogP contribution is -2.52. The number of ether oxygens (including phenoxy) is 2. The van der Waals surface area contributed by atoms with E-state index in [-0.39, 0.29) is 13.2 Å². The van der Waals surface area contributed by atoms with Gasteiger partial charge in [-0.25, -0.2) is 9.59 Å². The average molecular weight is 237 g/mol. The fourth-order valence-corrected chi connectivity index (χ4v) is 0.816. The highest BCUT2D eigenvalue weighted by atomic mass is 16.5. The second-order valence-electron chi connectivity index (χ2n) is 3.29. The molecule has 94 valence electrons. The minimum absolute atomic E-state index is 0.241. The molecule has 0 aromatic rings. The first-order valence-corrected chi connectivity index (χ1v) is 4.38. The predicted octanol–water partition coefficient (Wildman–Crippen LogP) is -2.12. The fourth-order valence-electron chi connectivity index (χ4n) is 0.816. The molecule has 8 nitrogen and oxygen atoms in total. The van der Waals surface area contributed by atoms with Crippen LogP contribution in [0.4, 0.5) is 0 Å². The van der Waals surface area contributed by atoms with E-state index < -0.39 is 37.3 Å². The van der Waals surface area contributed by atoms with Gasteiger partial charge < -0.3 is 30.5 Å². The van der Waals surface area contributed by atoms with Gasteiger partial charge in [0.15, 0.2) is 0 Å². The maximum absolute atomic E-state index is 10.1.